The number of aliphatic carboxylic acids is 1. The van der Waals surface area contributed by atoms with Crippen LogP contribution in [0.15, 0.2) is 35.1 Å². The molecule has 0 bridgehead atoms. The molecular formula is C18H19NO6. The quantitative estimate of drug-likeness (QED) is 0.857. The molecule has 7 nitrogen and oxygen atoms in total. The lowest BCUT2D eigenvalue weighted by atomic mass is 9.82. The van der Waals surface area contributed by atoms with Gasteiger partial charge in [-0.25, -0.2) is 4.79 Å². The predicted molar refractivity (Wildman–Crippen MR) is 89.0 cm³/mol. The molecular weight excluding hydrogens is 326 g/mol. The van der Waals surface area contributed by atoms with Crippen molar-refractivity contribution in [3.8, 4) is 11.5 Å². The molecule has 132 valence electrons. The van der Waals surface area contributed by atoms with E-state index in [1.807, 2.05) is 0 Å². The number of methoxy groups -OCH3 is 2. The van der Waals surface area contributed by atoms with Crippen LogP contribution in [-0.4, -0.2) is 37.3 Å². The maximum atomic E-state index is 12.5. The van der Waals surface area contributed by atoms with Crippen LogP contribution in [0.25, 0.3) is 5.57 Å². The summed E-state index contributed by atoms with van der Waals surface area (Å²) in [6.07, 6.45) is 0.427. The predicted octanol–water partition coefficient (Wildman–Crippen LogP) is 1.86. The minimum atomic E-state index is -1.22. The number of carbonyl (C=O) groups is 2. The van der Waals surface area contributed by atoms with Gasteiger partial charge in [0.05, 0.1) is 19.8 Å². The highest BCUT2D eigenvalue weighted by molar-refractivity contribution is 6.16. The fourth-order valence-electron chi connectivity index (χ4n) is 3.22. The van der Waals surface area contributed by atoms with Gasteiger partial charge in [0, 0.05) is 18.4 Å². The van der Waals surface area contributed by atoms with Gasteiger partial charge in [-0.15, -0.1) is 0 Å². The summed E-state index contributed by atoms with van der Waals surface area (Å²) >= 11 is 0. The van der Waals surface area contributed by atoms with Crippen molar-refractivity contribution in [3.05, 3.63) is 40.7 Å². The van der Waals surface area contributed by atoms with Crippen LogP contribution < -0.4 is 15.2 Å². The highest BCUT2D eigenvalue weighted by Gasteiger charge is 2.37. The van der Waals surface area contributed by atoms with Crippen LogP contribution in [0.2, 0.25) is 0 Å². The van der Waals surface area contributed by atoms with E-state index in [1.54, 1.807) is 18.2 Å². The molecule has 1 unspecified atom stereocenters. The van der Waals surface area contributed by atoms with Crippen LogP contribution in [0, 0.1) is 0 Å². The smallest absolute Gasteiger partial charge is 0.337 e. The number of benzene rings is 1. The lowest BCUT2D eigenvalue weighted by molar-refractivity contribution is -0.133. The van der Waals surface area contributed by atoms with Crippen molar-refractivity contribution in [1.82, 2.24) is 0 Å². The number of ether oxygens (including phenoxy) is 3. The fourth-order valence-corrected chi connectivity index (χ4v) is 3.22. The number of ketones is 1. The van der Waals surface area contributed by atoms with Crippen molar-refractivity contribution in [2.45, 2.75) is 25.5 Å². The highest BCUT2D eigenvalue weighted by Crippen LogP contribution is 2.42. The molecule has 0 fully saturated rings. The van der Waals surface area contributed by atoms with Gasteiger partial charge in [0.2, 0.25) is 0 Å². The van der Waals surface area contributed by atoms with Crippen LogP contribution in [0.5, 0.6) is 11.5 Å². The Morgan fingerprint density at radius 1 is 1.20 bits per heavy atom. The van der Waals surface area contributed by atoms with Crippen molar-refractivity contribution in [2.75, 3.05) is 14.2 Å². The topological polar surface area (TPSA) is 108 Å². The third-order valence-corrected chi connectivity index (χ3v) is 4.34. The number of carbonyl (C=O) groups excluding carboxylic acids is 1. The Morgan fingerprint density at radius 3 is 2.56 bits per heavy atom. The molecule has 2 aliphatic rings. The molecule has 1 aromatic rings. The Labute approximate surface area is 144 Å². The monoisotopic (exact) mass is 345 g/mol. The summed E-state index contributed by atoms with van der Waals surface area (Å²) in [5.74, 6) is 0.0318. The van der Waals surface area contributed by atoms with Gasteiger partial charge in [-0.3, -0.25) is 10.5 Å². The number of hydrogen-bond donors (Lipinski definition) is 2. The van der Waals surface area contributed by atoms with E-state index in [-0.39, 0.29) is 11.4 Å². The first-order valence-corrected chi connectivity index (χ1v) is 7.86. The van der Waals surface area contributed by atoms with E-state index in [0.717, 1.165) is 0 Å². The first-order valence-electron chi connectivity index (χ1n) is 7.86. The summed E-state index contributed by atoms with van der Waals surface area (Å²) in [7, 11) is 3.00. The van der Waals surface area contributed by atoms with Crippen LogP contribution in [-0.2, 0) is 14.3 Å². The molecule has 1 heterocycles. The number of Topliss-reactive ketones (excluding diaryl/α,β-unsaturated/α-hetero) is 1. The highest BCUT2D eigenvalue weighted by atomic mass is 16.5. The van der Waals surface area contributed by atoms with Gasteiger partial charge >= 0.3 is 5.97 Å². The summed E-state index contributed by atoms with van der Waals surface area (Å²) in [6.45, 7) is 0. The largest absolute Gasteiger partial charge is 0.493 e. The molecule has 7 heteroatoms. The van der Waals surface area contributed by atoms with Gasteiger partial charge < -0.3 is 19.3 Å². The minimum absolute atomic E-state index is 0.138. The van der Waals surface area contributed by atoms with Gasteiger partial charge in [-0.05, 0) is 24.1 Å². The lowest BCUT2D eigenvalue weighted by Gasteiger charge is -2.31. The summed E-state index contributed by atoms with van der Waals surface area (Å²) in [5, 5.41) is 9.64. The second-order valence-corrected chi connectivity index (χ2v) is 5.78. The van der Waals surface area contributed by atoms with Crippen molar-refractivity contribution in [1.29, 1.82) is 0 Å². The Hall–Kier alpha value is -2.80. The third-order valence-electron chi connectivity index (χ3n) is 4.34. The van der Waals surface area contributed by atoms with Crippen LogP contribution in [0.4, 0.5) is 0 Å². The molecule has 0 radical (unpaired) electrons. The van der Waals surface area contributed by atoms with E-state index < -0.39 is 12.2 Å². The molecule has 0 saturated carbocycles. The number of carboxylic acids is 1. The standard InChI is InChI=1S/C18H19NO6/c1-23-11-7-6-9(8-13(11)24-2)14-15-10(20)4-3-5-12(15)25-17(19)16(14)18(21)22/h6-8,17H,3-5,19H2,1-2H3,(H,21,22). The molecule has 0 spiro atoms. The summed E-state index contributed by atoms with van der Waals surface area (Å²) in [6, 6.07) is 4.99. The zero-order valence-corrected chi connectivity index (χ0v) is 14.0. The zero-order chi connectivity index (χ0) is 18.1. The van der Waals surface area contributed by atoms with Gasteiger partial charge in [0.1, 0.15) is 11.3 Å². The molecule has 3 N–H and O–H groups in total. The van der Waals surface area contributed by atoms with Gasteiger partial charge in [-0.1, -0.05) is 6.07 Å². The molecule has 1 aromatic carbocycles. The number of allylic oxidation sites excluding steroid dienone is 3. The van der Waals surface area contributed by atoms with E-state index >= 15 is 0 Å². The van der Waals surface area contributed by atoms with Crippen molar-refractivity contribution in [2.24, 2.45) is 5.73 Å². The number of hydrogen-bond acceptors (Lipinski definition) is 6. The second kappa shape index (κ2) is 6.60. The zero-order valence-electron chi connectivity index (χ0n) is 14.0. The molecule has 0 amide bonds. The minimum Gasteiger partial charge on any atom is -0.493 e. The van der Waals surface area contributed by atoms with E-state index in [4.69, 9.17) is 19.9 Å². The van der Waals surface area contributed by atoms with Gasteiger partial charge in [0.15, 0.2) is 23.5 Å². The summed E-state index contributed by atoms with van der Waals surface area (Å²) in [5.41, 5.74) is 6.91. The number of rotatable bonds is 4. The van der Waals surface area contributed by atoms with Crippen LogP contribution in [0.1, 0.15) is 24.8 Å². The SMILES string of the molecule is COc1ccc(C2=C(C(=O)O)C(N)OC3=C2C(=O)CCC3)cc1OC. The molecule has 3 rings (SSSR count). The molecule has 1 atom stereocenters. The average molecular weight is 345 g/mol. The van der Waals surface area contributed by atoms with E-state index in [2.05, 4.69) is 0 Å². The Balaban J connectivity index is 2.27. The number of nitrogens with two attached hydrogens (primary N) is 1. The molecule has 1 aliphatic carbocycles. The lowest BCUT2D eigenvalue weighted by Crippen LogP contribution is -2.36. The maximum absolute atomic E-state index is 12.5. The molecule has 25 heavy (non-hydrogen) atoms. The Kier molecular flexibility index (Phi) is 4.50. The van der Waals surface area contributed by atoms with Gasteiger partial charge in [0.25, 0.3) is 0 Å². The van der Waals surface area contributed by atoms with E-state index in [9.17, 15) is 14.7 Å². The first kappa shape index (κ1) is 17.0. The average Bonchev–Trinajstić information content (AvgIpc) is 2.59. The summed E-state index contributed by atoms with van der Waals surface area (Å²) < 4.78 is 16.0. The van der Waals surface area contributed by atoms with Gasteiger partial charge in [-0.2, -0.15) is 0 Å². The molecule has 0 saturated heterocycles. The normalized spacial score (nSPS) is 20.1. The first-order chi connectivity index (χ1) is 12.0. The van der Waals surface area contributed by atoms with Crippen molar-refractivity contribution >= 4 is 17.3 Å². The Morgan fingerprint density at radius 2 is 1.92 bits per heavy atom. The number of carboxylic acid groups (broad SMARTS) is 1. The van der Waals surface area contributed by atoms with Crippen LogP contribution in [0.3, 0.4) is 0 Å². The van der Waals surface area contributed by atoms with Crippen molar-refractivity contribution in [3.63, 3.8) is 0 Å². The van der Waals surface area contributed by atoms with Crippen molar-refractivity contribution < 1.29 is 28.9 Å². The maximum Gasteiger partial charge on any atom is 0.337 e. The van der Waals surface area contributed by atoms with E-state index in [1.165, 1.54) is 14.2 Å². The Bertz CT molecular complexity index is 808. The molecule has 0 aromatic heterocycles. The third kappa shape index (κ3) is 2.87. The van der Waals surface area contributed by atoms with Crippen LogP contribution >= 0.6 is 0 Å². The fraction of sp³-hybridized carbons (Fsp3) is 0.333. The summed E-state index contributed by atoms with van der Waals surface area (Å²) in [4.78, 5) is 24.3. The van der Waals surface area contributed by atoms with E-state index in [0.29, 0.717) is 53.2 Å². The molecule has 1 aliphatic heterocycles. The second-order valence-electron chi connectivity index (χ2n) is 5.78.